The van der Waals surface area contributed by atoms with E-state index in [0.717, 1.165) is 20.5 Å². The van der Waals surface area contributed by atoms with Gasteiger partial charge in [-0.15, -0.1) is 0 Å². The number of carbonyl (C=O) groups is 3. The summed E-state index contributed by atoms with van der Waals surface area (Å²) in [6.45, 7) is 1.96. The number of halogens is 4. The zero-order chi connectivity index (χ0) is 26.9. The lowest BCUT2D eigenvalue weighted by Gasteiger charge is -2.26. The van der Waals surface area contributed by atoms with Crippen molar-refractivity contribution in [2.45, 2.75) is 13.5 Å². The predicted octanol–water partition coefficient (Wildman–Crippen LogP) is 6.97. The van der Waals surface area contributed by atoms with Crippen molar-refractivity contribution in [1.82, 2.24) is 5.32 Å². The molecule has 0 radical (unpaired) electrons. The van der Waals surface area contributed by atoms with Crippen molar-refractivity contribution in [2.24, 2.45) is 0 Å². The van der Waals surface area contributed by atoms with E-state index in [9.17, 15) is 14.4 Å². The number of nitrogens with zero attached hydrogens (tertiary/aromatic N) is 1. The van der Waals surface area contributed by atoms with Gasteiger partial charge in [0.05, 0.1) is 27.9 Å². The van der Waals surface area contributed by atoms with E-state index in [1.54, 1.807) is 42.5 Å². The van der Waals surface area contributed by atoms with Crippen molar-refractivity contribution < 1.29 is 23.9 Å². The van der Waals surface area contributed by atoms with Gasteiger partial charge < -0.3 is 9.47 Å². The second-order valence-corrected chi connectivity index (χ2v) is 10.0. The van der Waals surface area contributed by atoms with Crippen LogP contribution in [-0.2, 0) is 16.2 Å². The minimum atomic E-state index is -0.837. The normalized spacial score (nSPS) is 14.7. The second kappa shape index (κ2) is 11.1. The van der Waals surface area contributed by atoms with Crippen LogP contribution in [0.15, 0.2) is 58.6 Å². The number of anilines is 1. The van der Waals surface area contributed by atoms with Crippen LogP contribution in [0.4, 0.5) is 10.5 Å². The van der Waals surface area contributed by atoms with E-state index in [1.807, 2.05) is 6.92 Å². The van der Waals surface area contributed by atoms with Crippen LogP contribution in [0.5, 0.6) is 11.5 Å². The molecule has 4 amide bonds. The summed E-state index contributed by atoms with van der Waals surface area (Å²) >= 11 is 21.9. The summed E-state index contributed by atoms with van der Waals surface area (Å²) < 4.78 is 12.1. The first-order valence-electron chi connectivity index (χ1n) is 10.7. The smallest absolute Gasteiger partial charge is 0.335 e. The van der Waals surface area contributed by atoms with E-state index in [2.05, 4.69) is 21.2 Å². The van der Waals surface area contributed by atoms with Crippen molar-refractivity contribution in [1.29, 1.82) is 0 Å². The number of barbiturate groups is 1. The fourth-order valence-electron chi connectivity index (χ4n) is 3.57. The highest BCUT2D eigenvalue weighted by atomic mass is 79.9. The number of rotatable bonds is 6. The molecule has 1 heterocycles. The molecular weight excluding hydrogens is 607 g/mol. The Kier molecular flexibility index (Phi) is 8.14. The zero-order valence-electron chi connectivity index (χ0n) is 19.4. The van der Waals surface area contributed by atoms with Crippen molar-refractivity contribution in [3.8, 4) is 11.5 Å². The highest BCUT2D eigenvalue weighted by Gasteiger charge is 2.37. The third-order valence-corrected chi connectivity index (χ3v) is 7.34. The monoisotopic (exact) mass is 622 g/mol. The molecule has 0 aliphatic carbocycles. The Balaban J connectivity index is 1.64. The van der Waals surface area contributed by atoms with Gasteiger partial charge in [0.2, 0.25) is 0 Å². The van der Waals surface area contributed by atoms with Gasteiger partial charge in [-0.25, -0.2) is 9.69 Å². The number of aryl methyl sites for hydroxylation is 1. The maximum absolute atomic E-state index is 13.2. The first-order valence-corrected chi connectivity index (χ1v) is 12.6. The predicted molar refractivity (Wildman–Crippen MR) is 147 cm³/mol. The number of carbonyl (C=O) groups excluding carboxylic acids is 3. The van der Waals surface area contributed by atoms with E-state index in [0.29, 0.717) is 21.3 Å². The molecule has 0 atom stereocenters. The van der Waals surface area contributed by atoms with E-state index >= 15 is 0 Å². The summed E-state index contributed by atoms with van der Waals surface area (Å²) in [5.74, 6) is -1.06. The largest absolute Gasteiger partial charge is 0.493 e. The van der Waals surface area contributed by atoms with Gasteiger partial charge in [-0.05, 0) is 72.2 Å². The minimum Gasteiger partial charge on any atom is -0.493 e. The average Bonchev–Trinajstić information content (AvgIpc) is 2.85. The summed E-state index contributed by atoms with van der Waals surface area (Å²) in [4.78, 5) is 39.2. The molecule has 1 saturated heterocycles. The number of nitrogens with one attached hydrogen (secondary N) is 1. The maximum Gasteiger partial charge on any atom is 0.335 e. The van der Waals surface area contributed by atoms with Crippen LogP contribution in [-0.4, -0.2) is 25.0 Å². The third-order valence-electron chi connectivity index (χ3n) is 5.43. The molecule has 11 heteroatoms. The second-order valence-electron chi connectivity index (χ2n) is 7.96. The molecule has 0 aromatic heterocycles. The number of urea groups is 1. The maximum atomic E-state index is 13.2. The number of benzene rings is 3. The Morgan fingerprint density at radius 3 is 2.41 bits per heavy atom. The quantitative estimate of drug-likeness (QED) is 0.237. The highest BCUT2D eigenvalue weighted by Crippen LogP contribution is 2.38. The van der Waals surface area contributed by atoms with Crippen molar-refractivity contribution >= 4 is 80.3 Å². The first kappa shape index (κ1) is 27.0. The van der Waals surface area contributed by atoms with Crippen LogP contribution in [0.3, 0.4) is 0 Å². The molecule has 190 valence electrons. The summed E-state index contributed by atoms with van der Waals surface area (Å²) in [5.41, 5.74) is 2.04. The van der Waals surface area contributed by atoms with Crippen LogP contribution in [0.2, 0.25) is 15.1 Å². The Morgan fingerprint density at radius 1 is 0.973 bits per heavy atom. The van der Waals surface area contributed by atoms with Gasteiger partial charge in [-0.2, -0.15) is 0 Å². The lowest BCUT2D eigenvalue weighted by Crippen LogP contribution is -2.54. The fraction of sp³-hybridized carbons (Fsp3) is 0.115. The van der Waals surface area contributed by atoms with Crippen LogP contribution < -0.4 is 19.7 Å². The van der Waals surface area contributed by atoms with Gasteiger partial charge in [0.25, 0.3) is 11.8 Å². The topological polar surface area (TPSA) is 84.9 Å². The molecule has 0 unspecified atom stereocenters. The van der Waals surface area contributed by atoms with Crippen LogP contribution >= 0.6 is 50.7 Å². The lowest BCUT2D eigenvalue weighted by atomic mass is 10.1. The number of hydrogen-bond donors (Lipinski definition) is 1. The summed E-state index contributed by atoms with van der Waals surface area (Å²) in [6, 6.07) is 12.3. The molecule has 3 aromatic carbocycles. The van der Waals surface area contributed by atoms with E-state index in [1.165, 1.54) is 19.3 Å². The third kappa shape index (κ3) is 5.78. The molecule has 3 aromatic rings. The summed E-state index contributed by atoms with van der Waals surface area (Å²) in [6.07, 6.45) is 1.33. The van der Waals surface area contributed by atoms with Gasteiger partial charge in [-0.3, -0.25) is 14.9 Å². The molecule has 0 bridgehead atoms. The van der Waals surface area contributed by atoms with E-state index in [4.69, 9.17) is 44.3 Å². The average molecular weight is 625 g/mol. The molecule has 0 saturated carbocycles. The lowest BCUT2D eigenvalue weighted by molar-refractivity contribution is -0.122. The van der Waals surface area contributed by atoms with Crippen LogP contribution in [0.25, 0.3) is 6.08 Å². The number of hydrogen-bond acceptors (Lipinski definition) is 5. The highest BCUT2D eigenvalue weighted by molar-refractivity contribution is 9.10. The molecule has 4 rings (SSSR count). The number of methoxy groups -OCH3 is 1. The summed E-state index contributed by atoms with van der Waals surface area (Å²) in [7, 11) is 1.43. The van der Waals surface area contributed by atoms with Crippen LogP contribution in [0.1, 0.15) is 16.7 Å². The molecule has 1 aliphatic heterocycles. The standard InChI is InChI=1S/C26H18BrCl3N2O5/c1-13-7-16(4-5-18(13)27)32-25(34)17(24(33)31-26(32)35)8-15-10-21(30)23(22(11-15)36-2)37-12-14-3-6-19(28)20(29)9-14/h3-11H,12H2,1-2H3,(H,31,33,35)/b17-8+. The van der Waals surface area contributed by atoms with Crippen molar-refractivity contribution in [3.05, 3.63) is 90.3 Å². The fourth-order valence-corrected chi connectivity index (χ4v) is 4.42. The van der Waals surface area contributed by atoms with Crippen molar-refractivity contribution in [3.63, 3.8) is 0 Å². The molecular formula is C26H18BrCl3N2O5. The van der Waals surface area contributed by atoms with E-state index < -0.39 is 17.8 Å². The van der Waals surface area contributed by atoms with Gasteiger partial charge in [0, 0.05) is 4.47 Å². The van der Waals surface area contributed by atoms with Gasteiger partial charge >= 0.3 is 6.03 Å². The minimum absolute atomic E-state index is 0.137. The number of imide groups is 2. The van der Waals surface area contributed by atoms with E-state index in [-0.39, 0.29) is 28.7 Å². The first-order chi connectivity index (χ1) is 17.6. The number of ether oxygens (including phenoxy) is 2. The molecule has 1 N–H and O–H groups in total. The van der Waals surface area contributed by atoms with Crippen molar-refractivity contribution in [2.75, 3.05) is 12.0 Å². The Morgan fingerprint density at radius 2 is 1.73 bits per heavy atom. The molecule has 1 fully saturated rings. The Bertz CT molecular complexity index is 1470. The Hall–Kier alpha value is -3.04. The molecule has 7 nitrogen and oxygen atoms in total. The summed E-state index contributed by atoms with van der Waals surface area (Å²) in [5, 5.41) is 3.21. The van der Waals surface area contributed by atoms with Gasteiger partial charge in [0.15, 0.2) is 11.5 Å². The molecule has 1 aliphatic rings. The van der Waals surface area contributed by atoms with Crippen LogP contribution in [0, 0.1) is 6.92 Å². The SMILES string of the molecule is COc1cc(/C=C2\C(=O)NC(=O)N(c3ccc(Br)c(C)c3)C2=O)cc(Cl)c1OCc1ccc(Cl)c(Cl)c1. The van der Waals surface area contributed by atoms with Gasteiger partial charge in [-0.1, -0.05) is 56.8 Å². The zero-order valence-corrected chi connectivity index (χ0v) is 23.3. The number of amides is 4. The molecule has 37 heavy (non-hydrogen) atoms. The molecule has 0 spiro atoms. The van der Waals surface area contributed by atoms with Gasteiger partial charge in [0.1, 0.15) is 12.2 Å². The Labute approximate surface area is 236 Å².